The van der Waals surface area contributed by atoms with Crippen LogP contribution in [0.1, 0.15) is 22.6 Å². The molecular formula is C17H21N3O3S2. The third kappa shape index (κ3) is 4.26. The summed E-state index contributed by atoms with van der Waals surface area (Å²) in [6.45, 7) is 3.28. The highest BCUT2D eigenvalue weighted by Gasteiger charge is 2.32. The van der Waals surface area contributed by atoms with Crippen LogP contribution in [0.15, 0.2) is 41.6 Å². The van der Waals surface area contributed by atoms with Crippen LogP contribution >= 0.6 is 11.3 Å². The van der Waals surface area contributed by atoms with Crippen LogP contribution in [0.3, 0.4) is 0 Å². The maximum atomic E-state index is 12.6. The average Bonchev–Trinajstić information content (AvgIpc) is 3.06. The number of rotatable bonds is 5. The molecule has 1 N–H and O–H groups in total. The molecule has 8 heteroatoms. The van der Waals surface area contributed by atoms with E-state index in [1.165, 1.54) is 15.4 Å². The normalized spacial score (nSPS) is 16.7. The van der Waals surface area contributed by atoms with Gasteiger partial charge >= 0.3 is 0 Å². The van der Waals surface area contributed by atoms with E-state index in [4.69, 9.17) is 0 Å². The molecule has 1 saturated heterocycles. The average molecular weight is 380 g/mol. The van der Waals surface area contributed by atoms with Crippen molar-refractivity contribution in [1.82, 2.24) is 14.6 Å². The molecular weight excluding hydrogens is 358 g/mol. The van der Waals surface area contributed by atoms with E-state index in [9.17, 15) is 13.2 Å². The summed E-state index contributed by atoms with van der Waals surface area (Å²) in [4.78, 5) is 18.7. The van der Waals surface area contributed by atoms with Crippen LogP contribution in [-0.2, 0) is 21.4 Å². The van der Waals surface area contributed by atoms with Gasteiger partial charge in [0.05, 0.1) is 6.54 Å². The van der Waals surface area contributed by atoms with Crippen LogP contribution < -0.4 is 5.32 Å². The summed E-state index contributed by atoms with van der Waals surface area (Å²) in [5.74, 6) is -0.133. The van der Waals surface area contributed by atoms with E-state index in [1.807, 2.05) is 19.1 Å². The van der Waals surface area contributed by atoms with E-state index < -0.39 is 10.0 Å². The molecule has 1 aliphatic rings. The van der Waals surface area contributed by atoms with E-state index in [2.05, 4.69) is 10.3 Å². The zero-order chi connectivity index (χ0) is 17.9. The second kappa shape index (κ2) is 7.63. The Morgan fingerprint density at radius 1 is 1.32 bits per heavy atom. The van der Waals surface area contributed by atoms with Gasteiger partial charge in [-0.25, -0.2) is 8.42 Å². The number of nitrogens with one attached hydrogen (secondary N) is 1. The van der Waals surface area contributed by atoms with Crippen molar-refractivity contribution in [3.05, 3.63) is 46.4 Å². The van der Waals surface area contributed by atoms with Gasteiger partial charge in [-0.1, -0.05) is 0 Å². The molecule has 1 aliphatic heterocycles. The van der Waals surface area contributed by atoms with Crippen molar-refractivity contribution in [3.8, 4) is 0 Å². The number of pyridine rings is 1. The summed E-state index contributed by atoms with van der Waals surface area (Å²) in [5, 5.41) is 2.96. The van der Waals surface area contributed by atoms with E-state index in [0.717, 1.165) is 4.88 Å². The predicted octanol–water partition coefficient (Wildman–Crippen LogP) is 2.17. The number of carbonyl (C=O) groups is 1. The van der Waals surface area contributed by atoms with Gasteiger partial charge in [0.2, 0.25) is 15.9 Å². The summed E-state index contributed by atoms with van der Waals surface area (Å²) in [5.41, 5.74) is 0. The Bertz CT molecular complexity index is 826. The Morgan fingerprint density at radius 2 is 2.08 bits per heavy atom. The number of carbonyl (C=O) groups excluding carboxylic acids is 1. The molecule has 3 rings (SSSR count). The number of hydrogen-bond acceptors (Lipinski definition) is 5. The monoisotopic (exact) mass is 379 g/mol. The smallest absolute Gasteiger partial charge is 0.244 e. The molecule has 2 aromatic heterocycles. The first-order valence-electron chi connectivity index (χ1n) is 8.20. The number of amides is 1. The fourth-order valence-electron chi connectivity index (χ4n) is 2.91. The maximum absolute atomic E-state index is 12.6. The van der Waals surface area contributed by atoms with Crippen molar-refractivity contribution in [3.63, 3.8) is 0 Å². The molecule has 0 unspecified atom stereocenters. The Hall–Kier alpha value is -1.77. The van der Waals surface area contributed by atoms with E-state index in [1.54, 1.807) is 29.7 Å². The Morgan fingerprint density at radius 3 is 2.68 bits per heavy atom. The fourth-order valence-corrected chi connectivity index (χ4v) is 5.17. The predicted molar refractivity (Wildman–Crippen MR) is 96.6 cm³/mol. The largest absolute Gasteiger partial charge is 0.351 e. The minimum atomic E-state index is -3.52. The molecule has 0 atom stereocenters. The second-order valence-corrected chi connectivity index (χ2v) is 9.41. The number of sulfonamides is 1. The number of thiophene rings is 1. The van der Waals surface area contributed by atoms with E-state index >= 15 is 0 Å². The third-order valence-electron chi connectivity index (χ3n) is 4.33. The van der Waals surface area contributed by atoms with Crippen molar-refractivity contribution in [1.29, 1.82) is 0 Å². The molecule has 0 radical (unpaired) electrons. The molecule has 1 amide bonds. The van der Waals surface area contributed by atoms with Crippen molar-refractivity contribution < 1.29 is 13.2 Å². The van der Waals surface area contributed by atoms with Gasteiger partial charge < -0.3 is 5.32 Å². The summed E-state index contributed by atoms with van der Waals surface area (Å²) >= 11 is 1.67. The molecule has 2 aromatic rings. The highest BCUT2D eigenvalue weighted by atomic mass is 32.2. The topological polar surface area (TPSA) is 79.4 Å². The summed E-state index contributed by atoms with van der Waals surface area (Å²) in [7, 11) is -3.52. The van der Waals surface area contributed by atoms with Crippen molar-refractivity contribution >= 4 is 27.3 Å². The van der Waals surface area contributed by atoms with Crippen LogP contribution in [0.4, 0.5) is 0 Å². The third-order valence-corrected chi connectivity index (χ3v) is 7.21. The van der Waals surface area contributed by atoms with Gasteiger partial charge in [0, 0.05) is 41.2 Å². The SMILES string of the molecule is Cc1ccc(CNC(=O)C2CCN(S(=O)(=O)c3cccnc3)CC2)s1. The molecule has 0 aromatic carbocycles. The lowest BCUT2D eigenvalue weighted by Gasteiger charge is -2.30. The Labute approximate surface area is 151 Å². The minimum Gasteiger partial charge on any atom is -0.351 e. The van der Waals surface area contributed by atoms with Gasteiger partial charge in [-0.2, -0.15) is 4.31 Å². The number of hydrogen-bond donors (Lipinski definition) is 1. The molecule has 0 aliphatic carbocycles. The first-order chi connectivity index (χ1) is 12.0. The Kier molecular flexibility index (Phi) is 5.51. The molecule has 3 heterocycles. The number of piperidine rings is 1. The fraction of sp³-hybridized carbons (Fsp3) is 0.412. The highest BCUT2D eigenvalue weighted by molar-refractivity contribution is 7.89. The highest BCUT2D eigenvalue weighted by Crippen LogP contribution is 2.24. The van der Waals surface area contributed by atoms with Crippen molar-refractivity contribution in [2.24, 2.45) is 5.92 Å². The molecule has 0 saturated carbocycles. The van der Waals surface area contributed by atoms with Crippen LogP contribution in [-0.4, -0.2) is 36.7 Å². The van der Waals surface area contributed by atoms with Crippen LogP contribution in [0, 0.1) is 12.8 Å². The van der Waals surface area contributed by atoms with Crippen LogP contribution in [0.25, 0.3) is 0 Å². The lowest BCUT2D eigenvalue weighted by molar-refractivity contribution is -0.126. The molecule has 134 valence electrons. The van der Waals surface area contributed by atoms with Gasteiger partial charge in [0.15, 0.2) is 0 Å². The number of aromatic nitrogens is 1. The maximum Gasteiger partial charge on any atom is 0.244 e. The van der Waals surface area contributed by atoms with Gasteiger partial charge in [-0.3, -0.25) is 9.78 Å². The van der Waals surface area contributed by atoms with Crippen LogP contribution in [0.2, 0.25) is 0 Å². The molecule has 1 fully saturated rings. The molecule has 0 spiro atoms. The van der Waals surface area contributed by atoms with Crippen molar-refractivity contribution in [2.45, 2.75) is 31.2 Å². The first kappa shape index (κ1) is 18.0. The lowest BCUT2D eigenvalue weighted by atomic mass is 9.97. The summed E-state index contributed by atoms with van der Waals surface area (Å²) in [6.07, 6.45) is 3.98. The molecule has 0 bridgehead atoms. The van der Waals surface area contributed by atoms with E-state index in [-0.39, 0.29) is 16.7 Å². The summed E-state index contributed by atoms with van der Waals surface area (Å²) < 4.78 is 26.6. The number of nitrogens with zero attached hydrogens (tertiary/aromatic N) is 2. The first-order valence-corrected chi connectivity index (χ1v) is 10.5. The zero-order valence-corrected chi connectivity index (χ0v) is 15.6. The van der Waals surface area contributed by atoms with Gasteiger partial charge in [0.25, 0.3) is 0 Å². The number of aryl methyl sites for hydroxylation is 1. The van der Waals surface area contributed by atoms with Gasteiger partial charge in [-0.05, 0) is 44.0 Å². The lowest BCUT2D eigenvalue weighted by Crippen LogP contribution is -2.42. The minimum absolute atomic E-state index is 0.00415. The molecule has 6 nitrogen and oxygen atoms in total. The standard InChI is InChI=1S/C17H21N3O3S2/c1-13-4-5-15(24-13)11-19-17(21)14-6-9-20(10-7-14)25(22,23)16-3-2-8-18-12-16/h2-5,8,12,14H,6-7,9-11H2,1H3,(H,19,21). The molecule has 25 heavy (non-hydrogen) atoms. The van der Waals surface area contributed by atoms with E-state index in [0.29, 0.717) is 32.5 Å². The summed E-state index contributed by atoms with van der Waals surface area (Å²) in [6, 6.07) is 7.21. The quantitative estimate of drug-likeness (QED) is 0.863. The second-order valence-electron chi connectivity index (χ2n) is 6.10. The zero-order valence-electron chi connectivity index (χ0n) is 14.0. The van der Waals surface area contributed by atoms with Gasteiger partial charge in [0.1, 0.15) is 4.90 Å². The Balaban J connectivity index is 1.54. The van der Waals surface area contributed by atoms with Crippen LogP contribution in [0.5, 0.6) is 0 Å². The van der Waals surface area contributed by atoms with Gasteiger partial charge in [-0.15, -0.1) is 11.3 Å². The van der Waals surface area contributed by atoms with Crippen molar-refractivity contribution in [2.75, 3.05) is 13.1 Å².